The molecule has 1 fully saturated rings. The van der Waals surface area contributed by atoms with Gasteiger partial charge < -0.3 is 9.84 Å². The van der Waals surface area contributed by atoms with Gasteiger partial charge in [0.05, 0.1) is 5.60 Å². The molecule has 140 valence electrons. The van der Waals surface area contributed by atoms with Crippen LogP contribution in [-0.4, -0.2) is 22.8 Å². The summed E-state index contributed by atoms with van der Waals surface area (Å²) < 4.78 is 5.70. The van der Waals surface area contributed by atoms with Crippen molar-refractivity contribution in [3.63, 3.8) is 0 Å². The predicted molar refractivity (Wildman–Crippen MR) is 102 cm³/mol. The number of hydrogen-bond donors (Lipinski definition) is 1. The molecule has 3 heteroatoms. The average Bonchev–Trinajstić information content (AvgIpc) is 2.76. The van der Waals surface area contributed by atoms with Gasteiger partial charge in [-0.1, -0.05) is 43.7 Å². The number of fused-ring (bicyclic) bond motifs is 1. The van der Waals surface area contributed by atoms with Crippen LogP contribution in [0.2, 0.25) is 0 Å². The zero-order valence-electron chi connectivity index (χ0n) is 16.5. The van der Waals surface area contributed by atoms with Gasteiger partial charge in [0.2, 0.25) is 0 Å². The molecule has 0 saturated heterocycles. The Morgan fingerprint density at radius 3 is 2.72 bits per heavy atom. The SMILES string of the molecule is C=C1CC/C=C(\C)C[C@H](OC(C)=O)/C(C(C)C)=C\[C@H]2[C@H]1CC[C@]2(C)O. The lowest BCUT2D eigenvalue weighted by atomic mass is 9.79. The summed E-state index contributed by atoms with van der Waals surface area (Å²) in [6.45, 7) is 14.1. The predicted octanol–water partition coefficient (Wildman–Crippen LogP) is 4.96. The van der Waals surface area contributed by atoms with Crippen LogP contribution in [0.5, 0.6) is 0 Å². The monoisotopic (exact) mass is 346 g/mol. The van der Waals surface area contributed by atoms with Crippen molar-refractivity contribution in [3.05, 3.63) is 35.5 Å². The minimum absolute atomic E-state index is 0.0360. The van der Waals surface area contributed by atoms with E-state index >= 15 is 0 Å². The van der Waals surface area contributed by atoms with Crippen molar-refractivity contribution in [1.29, 1.82) is 0 Å². The van der Waals surface area contributed by atoms with Crippen molar-refractivity contribution in [2.75, 3.05) is 0 Å². The summed E-state index contributed by atoms with van der Waals surface area (Å²) in [4.78, 5) is 11.7. The molecule has 1 N–H and O–H groups in total. The van der Waals surface area contributed by atoms with E-state index in [1.165, 1.54) is 18.1 Å². The smallest absolute Gasteiger partial charge is 0.303 e. The van der Waals surface area contributed by atoms with Crippen molar-refractivity contribution in [3.8, 4) is 0 Å². The lowest BCUT2D eigenvalue weighted by Gasteiger charge is -2.31. The Morgan fingerprint density at radius 2 is 2.12 bits per heavy atom. The summed E-state index contributed by atoms with van der Waals surface area (Å²) in [5.41, 5.74) is 2.86. The quantitative estimate of drug-likeness (QED) is 0.567. The molecule has 0 aromatic heterocycles. The van der Waals surface area contributed by atoms with Gasteiger partial charge in [-0.2, -0.15) is 0 Å². The maximum Gasteiger partial charge on any atom is 0.303 e. The van der Waals surface area contributed by atoms with Crippen LogP contribution in [0.15, 0.2) is 35.5 Å². The van der Waals surface area contributed by atoms with Crippen LogP contribution in [0.1, 0.15) is 66.7 Å². The fourth-order valence-corrected chi connectivity index (χ4v) is 4.35. The Morgan fingerprint density at radius 1 is 1.44 bits per heavy atom. The third-order valence-electron chi connectivity index (χ3n) is 5.82. The van der Waals surface area contributed by atoms with Crippen LogP contribution < -0.4 is 0 Å². The zero-order chi connectivity index (χ0) is 18.8. The molecule has 2 aliphatic carbocycles. The highest BCUT2D eigenvalue weighted by Crippen LogP contribution is 2.46. The molecule has 2 rings (SSSR count). The highest BCUT2D eigenvalue weighted by atomic mass is 16.5. The molecule has 1 saturated carbocycles. The highest BCUT2D eigenvalue weighted by molar-refractivity contribution is 5.66. The fourth-order valence-electron chi connectivity index (χ4n) is 4.35. The molecule has 0 aliphatic heterocycles. The Bertz CT molecular complexity index is 580. The second-order valence-electron chi connectivity index (χ2n) is 8.40. The van der Waals surface area contributed by atoms with Crippen molar-refractivity contribution in [2.45, 2.75) is 78.4 Å². The molecule has 0 spiro atoms. The first-order chi connectivity index (χ1) is 11.6. The molecule has 0 heterocycles. The first-order valence-corrected chi connectivity index (χ1v) is 9.56. The van der Waals surface area contributed by atoms with Gasteiger partial charge in [0, 0.05) is 19.3 Å². The summed E-state index contributed by atoms with van der Waals surface area (Å²) in [6, 6.07) is 0. The average molecular weight is 347 g/mol. The minimum atomic E-state index is -0.731. The largest absolute Gasteiger partial charge is 0.458 e. The zero-order valence-corrected chi connectivity index (χ0v) is 16.5. The summed E-state index contributed by atoms with van der Waals surface area (Å²) in [6.07, 6.45) is 8.59. The van der Waals surface area contributed by atoms with E-state index in [4.69, 9.17) is 4.74 Å². The standard InChI is InChI=1S/C22H34O3/c1-14(2)19-13-20-18(10-11-22(20,6)24)16(4)9-7-8-15(3)12-21(19)25-17(5)23/h8,13-14,18,20-21,24H,4,7,9-12H2,1-3,5-6H3/b15-8+,19-13-/t18-,20-,21-,22-/m0/s1. The number of carbonyl (C=O) groups excluding carboxylic acids is 1. The van der Waals surface area contributed by atoms with Crippen LogP contribution in [0, 0.1) is 17.8 Å². The van der Waals surface area contributed by atoms with Gasteiger partial charge in [-0.25, -0.2) is 0 Å². The maximum absolute atomic E-state index is 11.7. The molecule has 0 radical (unpaired) electrons. The van der Waals surface area contributed by atoms with Gasteiger partial charge in [0.15, 0.2) is 0 Å². The molecular weight excluding hydrogens is 312 g/mol. The van der Waals surface area contributed by atoms with Crippen LogP contribution in [0.3, 0.4) is 0 Å². The Hall–Kier alpha value is -1.35. The molecule has 0 bridgehead atoms. The molecule has 25 heavy (non-hydrogen) atoms. The van der Waals surface area contributed by atoms with E-state index in [0.717, 1.165) is 37.7 Å². The number of rotatable bonds is 2. The van der Waals surface area contributed by atoms with Crippen LogP contribution in [0.25, 0.3) is 0 Å². The lowest BCUT2D eigenvalue weighted by Crippen LogP contribution is -2.33. The van der Waals surface area contributed by atoms with Crippen molar-refractivity contribution in [2.24, 2.45) is 17.8 Å². The molecule has 0 amide bonds. The summed E-state index contributed by atoms with van der Waals surface area (Å²) in [5, 5.41) is 11.0. The lowest BCUT2D eigenvalue weighted by molar-refractivity contribution is -0.144. The summed E-state index contributed by atoms with van der Waals surface area (Å²) >= 11 is 0. The maximum atomic E-state index is 11.7. The summed E-state index contributed by atoms with van der Waals surface area (Å²) in [7, 11) is 0. The fraction of sp³-hybridized carbons (Fsp3) is 0.682. The van der Waals surface area contributed by atoms with Crippen molar-refractivity contribution in [1.82, 2.24) is 0 Å². The third-order valence-corrected chi connectivity index (χ3v) is 5.82. The Kier molecular flexibility index (Phi) is 6.31. The van der Waals surface area contributed by atoms with Crippen molar-refractivity contribution < 1.29 is 14.6 Å². The second kappa shape index (κ2) is 7.90. The molecule has 0 unspecified atom stereocenters. The number of carbonyl (C=O) groups is 1. The summed E-state index contributed by atoms with van der Waals surface area (Å²) in [5.74, 6) is 0.337. The van der Waals surface area contributed by atoms with E-state index in [0.29, 0.717) is 5.92 Å². The van der Waals surface area contributed by atoms with Gasteiger partial charge in [-0.3, -0.25) is 4.79 Å². The van der Waals surface area contributed by atoms with E-state index in [1.807, 2.05) is 6.92 Å². The molecule has 0 aromatic carbocycles. The van der Waals surface area contributed by atoms with E-state index < -0.39 is 5.60 Å². The Labute approximate surface area is 152 Å². The highest BCUT2D eigenvalue weighted by Gasteiger charge is 2.44. The number of ether oxygens (including phenoxy) is 1. The molecule has 0 aromatic rings. The van der Waals surface area contributed by atoms with Gasteiger partial charge in [0.25, 0.3) is 0 Å². The number of aliphatic hydroxyl groups is 1. The van der Waals surface area contributed by atoms with E-state index in [-0.39, 0.29) is 23.9 Å². The van der Waals surface area contributed by atoms with Gasteiger partial charge in [0.1, 0.15) is 6.10 Å². The first kappa shape index (κ1) is 20.0. The van der Waals surface area contributed by atoms with Gasteiger partial charge >= 0.3 is 5.97 Å². The van der Waals surface area contributed by atoms with Gasteiger partial charge in [-0.05, 0) is 56.9 Å². The molecule has 2 aliphatic rings. The van der Waals surface area contributed by atoms with Crippen LogP contribution >= 0.6 is 0 Å². The third kappa shape index (κ3) is 4.84. The molecule has 3 nitrogen and oxygen atoms in total. The van der Waals surface area contributed by atoms with Crippen molar-refractivity contribution >= 4 is 5.97 Å². The first-order valence-electron chi connectivity index (χ1n) is 9.56. The number of allylic oxidation sites excluding steroid dienone is 2. The van der Waals surface area contributed by atoms with E-state index in [9.17, 15) is 9.90 Å². The molecule has 4 atom stereocenters. The molecular formula is C22H34O3. The number of esters is 1. The Balaban J connectivity index is 2.51. The topological polar surface area (TPSA) is 46.5 Å². The minimum Gasteiger partial charge on any atom is -0.458 e. The normalized spacial score (nSPS) is 38.2. The van der Waals surface area contributed by atoms with Crippen LogP contribution in [0.4, 0.5) is 0 Å². The van der Waals surface area contributed by atoms with Gasteiger partial charge in [-0.15, -0.1) is 0 Å². The van der Waals surface area contributed by atoms with E-state index in [1.54, 1.807) is 0 Å². The van der Waals surface area contributed by atoms with Crippen LogP contribution in [-0.2, 0) is 9.53 Å². The second-order valence-corrected chi connectivity index (χ2v) is 8.40. The number of hydrogen-bond acceptors (Lipinski definition) is 3. The van der Waals surface area contributed by atoms with E-state index in [2.05, 4.69) is 39.5 Å².